The summed E-state index contributed by atoms with van der Waals surface area (Å²) in [6.45, 7) is 1.92. The predicted octanol–water partition coefficient (Wildman–Crippen LogP) is 0.858. The highest BCUT2D eigenvalue weighted by molar-refractivity contribution is 5.82. The third kappa shape index (κ3) is 2.34. The lowest BCUT2D eigenvalue weighted by molar-refractivity contribution is -0.128. The SMILES string of the molecule is O=C(NC1CCCNC1)C1Cc2ccccc2O1. The van der Waals surface area contributed by atoms with Gasteiger partial charge in [0.2, 0.25) is 0 Å². The summed E-state index contributed by atoms with van der Waals surface area (Å²) in [5.74, 6) is 0.860. The number of nitrogens with one attached hydrogen (secondary N) is 2. The Hall–Kier alpha value is -1.55. The van der Waals surface area contributed by atoms with Crippen LogP contribution in [0.4, 0.5) is 0 Å². The molecular formula is C14H18N2O2. The van der Waals surface area contributed by atoms with Crippen molar-refractivity contribution in [2.75, 3.05) is 13.1 Å². The zero-order chi connectivity index (χ0) is 12.4. The van der Waals surface area contributed by atoms with Gasteiger partial charge in [0, 0.05) is 19.0 Å². The lowest BCUT2D eigenvalue weighted by Gasteiger charge is -2.25. The Morgan fingerprint density at radius 1 is 1.39 bits per heavy atom. The van der Waals surface area contributed by atoms with E-state index < -0.39 is 0 Å². The van der Waals surface area contributed by atoms with Crippen molar-refractivity contribution in [3.05, 3.63) is 29.8 Å². The van der Waals surface area contributed by atoms with Gasteiger partial charge in [-0.25, -0.2) is 0 Å². The highest BCUT2D eigenvalue weighted by atomic mass is 16.5. The molecule has 0 spiro atoms. The molecule has 2 atom stereocenters. The molecule has 0 bridgehead atoms. The van der Waals surface area contributed by atoms with Gasteiger partial charge in [-0.05, 0) is 31.0 Å². The molecule has 0 aliphatic carbocycles. The van der Waals surface area contributed by atoms with Crippen LogP contribution in [0.1, 0.15) is 18.4 Å². The summed E-state index contributed by atoms with van der Waals surface area (Å²) in [6.07, 6.45) is 2.50. The molecule has 2 aliphatic rings. The van der Waals surface area contributed by atoms with Gasteiger partial charge in [0.25, 0.3) is 5.91 Å². The Morgan fingerprint density at radius 2 is 2.28 bits per heavy atom. The van der Waals surface area contributed by atoms with E-state index in [1.165, 1.54) is 0 Å². The van der Waals surface area contributed by atoms with Crippen molar-refractivity contribution >= 4 is 5.91 Å². The van der Waals surface area contributed by atoms with Crippen molar-refractivity contribution in [3.8, 4) is 5.75 Å². The van der Waals surface area contributed by atoms with Gasteiger partial charge >= 0.3 is 0 Å². The fourth-order valence-electron chi connectivity index (χ4n) is 2.60. The highest BCUT2D eigenvalue weighted by Gasteiger charge is 2.30. The number of para-hydroxylation sites is 1. The molecule has 2 aliphatic heterocycles. The molecule has 18 heavy (non-hydrogen) atoms. The molecule has 3 rings (SSSR count). The lowest BCUT2D eigenvalue weighted by Crippen LogP contribution is -2.49. The molecular weight excluding hydrogens is 228 g/mol. The van der Waals surface area contributed by atoms with Gasteiger partial charge in [0.15, 0.2) is 6.10 Å². The monoisotopic (exact) mass is 246 g/mol. The fourth-order valence-corrected chi connectivity index (χ4v) is 2.60. The van der Waals surface area contributed by atoms with E-state index >= 15 is 0 Å². The van der Waals surface area contributed by atoms with Crippen molar-refractivity contribution in [1.29, 1.82) is 0 Å². The summed E-state index contributed by atoms with van der Waals surface area (Å²) in [5, 5.41) is 6.36. The standard InChI is InChI=1S/C14H18N2O2/c17-14(16-11-5-3-7-15-9-11)13-8-10-4-1-2-6-12(10)18-13/h1-2,4,6,11,13,15H,3,5,7-9H2,(H,16,17). The second-order valence-corrected chi connectivity index (χ2v) is 4.97. The smallest absolute Gasteiger partial charge is 0.261 e. The maximum absolute atomic E-state index is 12.1. The van der Waals surface area contributed by atoms with E-state index in [0.29, 0.717) is 6.42 Å². The van der Waals surface area contributed by atoms with E-state index in [1.807, 2.05) is 24.3 Å². The predicted molar refractivity (Wildman–Crippen MR) is 68.6 cm³/mol. The zero-order valence-electron chi connectivity index (χ0n) is 10.3. The van der Waals surface area contributed by atoms with Crippen molar-refractivity contribution in [2.45, 2.75) is 31.4 Å². The summed E-state index contributed by atoms with van der Waals surface area (Å²) in [6, 6.07) is 8.10. The molecule has 4 nitrogen and oxygen atoms in total. The first-order valence-corrected chi connectivity index (χ1v) is 6.58. The van der Waals surface area contributed by atoms with E-state index in [1.54, 1.807) is 0 Å². The summed E-state index contributed by atoms with van der Waals surface area (Å²) in [5.41, 5.74) is 1.12. The third-order valence-corrected chi connectivity index (χ3v) is 3.58. The highest BCUT2D eigenvalue weighted by Crippen LogP contribution is 2.28. The first kappa shape index (κ1) is 11.5. The van der Waals surface area contributed by atoms with Gasteiger partial charge in [0.05, 0.1) is 0 Å². The van der Waals surface area contributed by atoms with E-state index in [9.17, 15) is 4.79 Å². The lowest BCUT2D eigenvalue weighted by atomic mass is 10.1. The number of carbonyl (C=O) groups excluding carboxylic acids is 1. The quantitative estimate of drug-likeness (QED) is 0.813. The Kier molecular flexibility index (Phi) is 3.19. The maximum atomic E-state index is 12.1. The number of amides is 1. The number of benzene rings is 1. The van der Waals surface area contributed by atoms with Gasteiger partial charge in [-0.15, -0.1) is 0 Å². The van der Waals surface area contributed by atoms with Crippen LogP contribution in [0.5, 0.6) is 5.75 Å². The number of piperidine rings is 1. The summed E-state index contributed by atoms with van der Waals surface area (Å²) < 4.78 is 5.68. The van der Waals surface area contributed by atoms with E-state index in [-0.39, 0.29) is 18.1 Å². The van der Waals surface area contributed by atoms with Gasteiger partial charge in [-0.3, -0.25) is 4.79 Å². The first-order valence-electron chi connectivity index (χ1n) is 6.58. The minimum atomic E-state index is -0.357. The second kappa shape index (κ2) is 4.98. The van der Waals surface area contributed by atoms with E-state index in [4.69, 9.17) is 4.74 Å². The molecule has 4 heteroatoms. The van der Waals surface area contributed by atoms with Gasteiger partial charge < -0.3 is 15.4 Å². The Balaban J connectivity index is 1.58. The van der Waals surface area contributed by atoms with Gasteiger partial charge in [-0.1, -0.05) is 18.2 Å². The molecule has 2 unspecified atom stereocenters. The number of ether oxygens (including phenoxy) is 1. The van der Waals surface area contributed by atoms with Crippen LogP contribution in [-0.4, -0.2) is 31.1 Å². The zero-order valence-corrected chi connectivity index (χ0v) is 10.3. The Morgan fingerprint density at radius 3 is 3.06 bits per heavy atom. The molecule has 2 N–H and O–H groups in total. The maximum Gasteiger partial charge on any atom is 0.261 e. The van der Waals surface area contributed by atoms with Gasteiger partial charge in [0.1, 0.15) is 5.75 Å². The van der Waals surface area contributed by atoms with Gasteiger partial charge in [-0.2, -0.15) is 0 Å². The third-order valence-electron chi connectivity index (χ3n) is 3.58. The summed E-state index contributed by atoms with van der Waals surface area (Å²) in [7, 11) is 0. The number of rotatable bonds is 2. The molecule has 1 aromatic carbocycles. The van der Waals surface area contributed by atoms with Crippen LogP contribution in [-0.2, 0) is 11.2 Å². The number of fused-ring (bicyclic) bond motifs is 1. The van der Waals surface area contributed by atoms with Crippen LogP contribution >= 0.6 is 0 Å². The van der Waals surface area contributed by atoms with Crippen LogP contribution in [0.3, 0.4) is 0 Å². The van der Waals surface area contributed by atoms with Crippen LogP contribution in [0.25, 0.3) is 0 Å². The topological polar surface area (TPSA) is 50.4 Å². The molecule has 0 saturated carbocycles. The molecule has 0 radical (unpaired) electrons. The minimum absolute atomic E-state index is 0.0138. The Bertz CT molecular complexity index is 416. The number of hydrogen-bond donors (Lipinski definition) is 2. The molecule has 1 fully saturated rings. The average molecular weight is 246 g/mol. The molecule has 1 amide bonds. The van der Waals surface area contributed by atoms with Crippen molar-refractivity contribution in [3.63, 3.8) is 0 Å². The van der Waals surface area contributed by atoms with Crippen LogP contribution in [0.2, 0.25) is 0 Å². The summed E-state index contributed by atoms with van der Waals surface area (Å²) in [4.78, 5) is 12.1. The van der Waals surface area contributed by atoms with E-state index in [2.05, 4.69) is 10.6 Å². The van der Waals surface area contributed by atoms with Crippen LogP contribution in [0, 0.1) is 0 Å². The molecule has 1 aromatic rings. The normalized spacial score (nSPS) is 26.2. The van der Waals surface area contributed by atoms with E-state index in [0.717, 1.165) is 37.2 Å². The fraction of sp³-hybridized carbons (Fsp3) is 0.500. The first-order chi connectivity index (χ1) is 8.83. The minimum Gasteiger partial charge on any atom is -0.480 e. The number of hydrogen-bond acceptors (Lipinski definition) is 3. The van der Waals surface area contributed by atoms with Crippen molar-refractivity contribution in [2.24, 2.45) is 0 Å². The summed E-state index contributed by atoms with van der Waals surface area (Å²) >= 11 is 0. The molecule has 2 heterocycles. The average Bonchev–Trinajstić information content (AvgIpc) is 2.84. The second-order valence-electron chi connectivity index (χ2n) is 4.97. The Labute approximate surface area is 107 Å². The largest absolute Gasteiger partial charge is 0.480 e. The van der Waals surface area contributed by atoms with Crippen molar-refractivity contribution in [1.82, 2.24) is 10.6 Å². The van der Waals surface area contributed by atoms with Crippen molar-refractivity contribution < 1.29 is 9.53 Å². The van der Waals surface area contributed by atoms with Crippen LogP contribution < -0.4 is 15.4 Å². The van der Waals surface area contributed by atoms with Crippen LogP contribution in [0.15, 0.2) is 24.3 Å². The molecule has 96 valence electrons. The molecule has 0 aromatic heterocycles. The molecule has 1 saturated heterocycles. The number of carbonyl (C=O) groups is 1.